The molecule has 0 atom stereocenters. The largest absolute Gasteiger partial charge is 0.433 e. The molecule has 0 saturated carbocycles. The van der Waals surface area contributed by atoms with Crippen molar-refractivity contribution in [1.29, 1.82) is 0 Å². The quantitative estimate of drug-likeness (QED) is 0.689. The van der Waals surface area contributed by atoms with E-state index >= 15 is 0 Å². The number of morpholine rings is 1. The van der Waals surface area contributed by atoms with Gasteiger partial charge in [-0.2, -0.15) is 23.0 Å². The Kier molecular flexibility index (Phi) is 4.48. The van der Waals surface area contributed by atoms with E-state index in [-0.39, 0.29) is 5.13 Å². The molecule has 2 aromatic heterocycles. The fourth-order valence-corrected chi connectivity index (χ4v) is 3.61. The number of hydrogen-bond donors (Lipinski definition) is 1. The lowest BCUT2D eigenvalue weighted by Crippen LogP contribution is -2.32. The number of nitrogens with one attached hydrogen (secondary N) is 1. The molecule has 0 radical (unpaired) electrons. The number of nitrogens with zero attached hydrogens (tertiary/aromatic N) is 4. The van der Waals surface area contributed by atoms with Gasteiger partial charge in [0.15, 0.2) is 5.69 Å². The maximum Gasteiger partial charge on any atom is 0.433 e. The van der Waals surface area contributed by atoms with Gasteiger partial charge in [0.05, 0.1) is 48.3 Å². The van der Waals surface area contributed by atoms with Crippen LogP contribution in [0.5, 0.6) is 0 Å². The summed E-state index contributed by atoms with van der Waals surface area (Å²) in [7, 11) is 0. The summed E-state index contributed by atoms with van der Waals surface area (Å²) in [5, 5.41) is 7.87. The highest BCUT2D eigenvalue weighted by atomic mass is 32.1. The minimum atomic E-state index is -4.73. The van der Waals surface area contributed by atoms with Crippen LogP contribution < -0.4 is 5.56 Å². The van der Waals surface area contributed by atoms with Crippen LogP contribution in [0.25, 0.3) is 15.3 Å². The van der Waals surface area contributed by atoms with Crippen molar-refractivity contribution in [2.75, 3.05) is 26.3 Å². The first-order valence-corrected chi connectivity index (χ1v) is 8.90. The Hall–Kier alpha value is -2.66. The zero-order valence-corrected chi connectivity index (χ0v) is 14.7. The topological polar surface area (TPSA) is 75.5 Å². The van der Waals surface area contributed by atoms with Gasteiger partial charge in [0, 0.05) is 0 Å². The molecule has 1 aromatic carbocycles. The molecule has 3 aromatic rings. The number of aromatic amines is 1. The number of rotatable bonds is 3. The van der Waals surface area contributed by atoms with E-state index in [2.05, 4.69) is 15.2 Å². The molecule has 0 amide bonds. The third-order valence-corrected chi connectivity index (χ3v) is 5.04. The van der Waals surface area contributed by atoms with Gasteiger partial charge in [-0.05, 0) is 12.1 Å². The summed E-state index contributed by atoms with van der Waals surface area (Å²) in [5.74, 6) is 0. The number of benzene rings is 1. The van der Waals surface area contributed by atoms with Gasteiger partial charge >= 0.3 is 6.18 Å². The second-order valence-corrected chi connectivity index (χ2v) is 6.82. The Balaban J connectivity index is 1.78. The number of alkyl halides is 3. The summed E-state index contributed by atoms with van der Waals surface area (Å²) < 4.78 is 47.0. The fourth-order valence-electron chi connectivity index (χ4n) is 2.68. The van der Waals surface area contributed by atoms with Crippen LogP contribution in [0.3, 0.4) is 0 Å². The molecule has 3 heterocycles. The van der Waals surface area contributed by atoms with Crippen molar-refractivity contribution in [3.63, 3.8) is 0 Å². The molecule has 1 saturated heterocycles. The normalized spacial score (nSPS) is 15.9. The highest BCUT2D eigenvalue weighted by Crippen LogP contribution is 2.30. The van der Waals surface area contributed by atoms with Gasteiger partial charge in [0.2, 0.25) is 5.13 Å². The molecule has 0 bridgehead atoms. The second kappa shape index (κ2) is 6.82. The molecule has 1 aliphatic heterocycles. The first-order chi connectivity index (χ1) is 12.9. The molecule has 0 aliphatic carbocycles. The average Bonchev–Trinajstić information content (AvgIpc) is 3.21. The Labute approximate surface area is 154 Å². The Morgan fingerprint density at radius 3 is 2.70 bits per heavy atom. The summed E-state index contributed by atoms with van der Waals surface area (Å²) >= 11 is 1.13. The molecule has 4 rings (SSSR count). The predicted molar refractivity (Wildman–Crippen MR) is 94.6 cm³/mol. The average molecular weight is 397 g/mol. The first-order valence-electron chi connectivity index (χ1n) is 8.08. The lowest BCUT2D eigenvalue weighted by atomic mass is 10.2. The number of H-pyrrole nitrogens is 1. The molecule has 1 N–H and O–H groups in total. The van der Waals surface area contributed by atoms with E-state index in [4.69, 9.17) is 4.74 Å². The highest BCUT2D eigenvalue weighted by Gasteiger charge is 2.38. The van der Waals surface area contributed by atoms with E-state index in [1.807, 2.05) is 0 Å². The Morgan fingerprint density at radius 1 is 1.26 bits per heavy atom. The van der Waals surface area contributed by atoms with Crippen molar-refractivity contribution in [1.82, 2.24) is 19.8 Å². The van der Waals surface area contributed by atoms with Crippen LogP contribution in [0, 0.1) is 0 Å². The van der Waals surface area contributed by atoms with Gasteiger partial charge in [-0.3, -0.25) is 14.9 Å². The van der Waals surface area contributed by atoms with Crippen LogP contribution in [0.4, 0.5) is 13.2 Å². The van der Waals surface area contributed by atoms with Gasteiger partial charge in [0.25, 0.3) is 5.56 Å². The Bertz CT molecular complexity index is 1010. The molecule has 0 unspecified atom stereocenters. The highest BCUT2D eigenvalue weighted by molar-refractivity contribution is 7.20. The lowest BCUT2D eigenvalue weighted by Gasteiger charge is -2.23. The minimum Gasteiger partial charge on any atom is -0.378 e. The van der Waals surface area contributed by atoms with Gasteiger partial charge in [-0.15, -0.1) is 0 Å². The predicted octanol–water partition coefficient (Wildman–Crippen LogP) is 2.46. The summed E-state index contributed by atoms with van der Waals surface area (Å²) in [6.45, 7) is 1.78. The number of thiazole rings is 1. The third-order valence-electron chi connectivity index (χ3n) is 4.02. The minimum absolute atomic E-state index is 0.137. The van der Waals surface area contributed by atoms with E-state index in [9.17, 15) is 18.0 Å². The zero-order valence-electron chi connectivity index (χ0n) is 13.9. The van der Waals surface area contributed by atoms with Crippen LogP contribution in [0.2, 0.25) is 0 Å². The number of ether oxygens (including phenoxy) is 1. The molecular formula is C16H14F3N5O2S. The number of fused-ring (bicyclic) bond motifs is 1. The lowest BCUT2D eigenvalue weighted by molar-refractivity contribution is -0.141. The van der Waals surface area contributed by atoms with Gasteiger partial charge in [0.1, 0.15) is 0 Å². The van der Waals surface area contributed by atoms with Crippen LogP contribution in [-0.4, -0.2) is 52.3 Å². The number of hydrogen-bond acceptors (Lipinski definition) is 6. The van der Waals surface area contributed by atoms with Crippen molar-refractivity contribution in [3.8, 4) is 5.13 Å². The molecule has 142 valence electrons. The second-order valence-electron chi connectivity index (χ2n) is 5.81. The van der Waals surface area contributed by atoms with Crippen molar-refractivity contribution in [2.45, 2.75) is 6.18 Å². The van der Waals surface area contributed by atoms with E-state index in [0.717, 1.165) is 26.9 Å². The maximum atomic E-state index is 13.4. The fraction of sp³-hybridized carbons (Fsp3) is 0.312. The van der Waals surface area contributed by atoms with Crippen LogP contribution in [0.15, 0.2) is 34.2 Å². The van der Waals surface area contributed by atoms with E-state index in [1.165, 1.54) is 0 Å². The standard InChI is InChI=1S/C16H14F3N5O2S/c17-16(18,19)13-10(9-20-23-5-7-26-8-6-23)14(25)24(22-13)15-21-11-3-1-2-4-12(11)27-15/h1-4,9,22H,5-8H2/b20-9+. The number of halogens is 3. The van der Waals surface area contributed by atoms with Crippen molar-refractivity contribution >= 4 is 27.8 Å². The first kappa shape index (κ1) is 17.7. The van der Waals surface area contributed by atoms with E-state index < -0.39 is 23.0 Å². The SMILES string of the molecule is O=c1c(/C=N/N2CCOCC2)c(C(F)(F)F)[nH]n1-c1nc2ccccc2s1. The van der Waals surface area contributed by atoms with Crippen molar-refractivity contribution in [2.24, 2.45) is 5.10 Å². The zero-order chi connectivity index (χ0) is 19.0. The molecule has 7 nitrogen and oxygen atoms in total. The smallest absolute Gasteiger partial charge is 0.378 e. The van der Waals surface area contributed by atoms with Crippen molar-refractivity contribution in [3.05, 3.63) is 45.9 Å². The molecular weight excluding hydrogens is 383 g/mol. The number of aromatic nitrogens is 3. The van der Waals surface area contributed by atoms with Gasteiger partial charge in [-0.1, -0.05) is 23.5 Å². The maximum absolute atomic E-state index is 13.4. The van der Waals surface area contributed by atoms with E-state index in [0.29, 0.717) is 31.8 Å². The molecule has 1 fully saturated rings. The van der Waals surface area contributed by atoms with Gasteiger partial charge < -0.3 is 4.74 Å². The summed E-state index contributed by atoms with van der Waals surface area (Å²) in [6, 6.07) is 7.08. The van der Waals surface area contributed by atoms with Gasteiger partial charge in [-0.25, -0.2) is 4.98 Å². The summed E-state index contributed by atoms with van der Waals surface area (Å²) in [6.07, 6.45) is -3.77. The van der Waals surface area contributed by atoms with E-state index in [1.54, 1.807) is 29.3 Å². The number of para-hydroxylation sites is 1. The molecule has 27 heavy (non-hydrogen) atoms. The monoisotopic (exact) mass is 397 g/mol. The molecule has 1 aliphatic rings. The van der Waals surface area contributed by atoms with Crippen LogP contribution in [-0.2, 0) is 10.9 Å². The summed E-state index contributed by atoms with van der Waals surface area (Å²) in [5.41, 5.74) is -1.94. The molecule has 0 spiro atoms. The Morgan fingerprint density at radius 2 is 2.00 bits per heavy atom. The van der Waals surface area contributed by atoms with Crippen molar-refractivity contribution < 1.29 is 17.9 Å². The third kappa shape index (κ3) is 3.47. The summed E-state index contributed by atoms with van der Waals surface area (Å²) in [4.78, 5) is 16.9. The van der Waals surface area contributed by atoms with Crippen LogP contribution >= 0.6 is 11.3 Å². The van der Waals surface area contributed by atoms with Crippen LogP contribution in [0.1, 0.15) is 11.3 Å². The molecule has 11 heteroatoms. The number of hydrazone groups is 1.